The molecule has 1 heterocycles. The van der Waals surface area contributed by atoms with Crippen LogP contribution in [-0.4, -0.2) is 23.7 Å². The van der Waals surface area contributed by atoms with Crippen molar-refractivity contribution in [2.45, 2.75) is 20.8 Å². The summed E-state index contributed by atoms with van der Waals surface area (Å²) in [6.45, 7) is 6.06. The molecule has 0 aliphatic carbocycles. The molecule has 0 aromatic carbocycles. The summed E-state index contributed by atoms with van der Waals surface area (Å²) in [5, 5.41) is 1.03. The molecule has 1 aliphatic rings. The van der Waals surface area contributed by atoms with Crippen molar-refractivity contribution in [1.82, 2.24) is 5.06 Å². The molecule has 0 unspecified atom stereocenters. The van der Waals surface area contributed by atoms with E-state index in [1.807, 2.05) is 20.8 Å². The maximum atomic E-state index is 10.6. The molecular weight excluding hydrogens is 158 g/mol. The fourth-order valence-electron chi connectivity index (χ4n) is 0.779. The van der Waals surface area contributed by atoms with Crippen LogP contribution >= 0.6 is 0 Å². The Bertz CT molecular complexity index is 229. The summed E-state index contributed by atoms with van der Waals surface area (Å²) in [5.74, 6) is 0.543. The minimum absolute atomic E-state index is 0.176. The van der Waals surface area contributed by atoms with E-state index in [0.717, 1.165) is 5.06 Å². The van der Waals surface area contributed by atoms with Crippen molar-refractivity contribution in [1.29, 1.82) is 0 Å². The van der Waals surface area contributed by atoms with Crippen LogP contribution in [0.3, 0.4) is 0 Å². The average molecular weight is 171 g/mol. The lowest BCUT2D eigenvalue weighted by atomic mass is 9.97. The third-order valence-electron chi connectivity index (χ3n) is 1.43. The van der Waals surface area contributed by atoms with E-state index < -0.39 is 6.03 Å². The number of rotatable bonds is 0. The van der Waals surface area contributed by atoms with Crippen molar-refractivity contribution in [3.8, 4) is 0 Å². The maximum Gasteiger partial charge on any atom is 0.349 e. The van der Waals surface area contributed by atoms with E-state index >= 15 is 0 Å². The number of hydrogen-bond donors (Lipinski definition) is 1. The van der Waals surface area contributed by atoms with Gasteiger partial charge in [0, 0.05) is 5.41 Å². The molecule has 0 aromatic rings. The van der Waals surface area contributed by atoms with Crippen LogP contribution in [0.1, 0.15) is 20.8 Å². The highest BCUT2D eigenvalue weighted by Crippen LogP contribution is 2.21. The Morgan fingerprint density at radius 3 is 2.50 bits per heavy atom. The van der Waals surface area contributed by atoms with Gasteiger partial charge < -0.3 is 10.6 Å². The smallest absolute Gasteiger partial charge is 0.349 e. The first kappa shape index (κ1) is 8.83. The lowest BCUT2D eigenvalue weighted by Crippen LogP contribution is -2.35. The highest BCUT2D eigenvalue weighted by atomic mass is 16.7. The molecule has 1 aliphatic heterocycles. The Morgan fingerprint density at radius 1 is 1.67 bits per heavy atom. The van der Waals surface area contributed by atoms with Gasteiger partial charge >= 0.3 is 6.03 Å². The minimum Gasteiger partial charge on any atom is -0.358 e. The number of primary amides is 1. The molecule has 68 valence electrons. The highest BCUT2D eigenvalue weighted by molar-refractivity contribution is 5.85. The molecule has 2 N–H and O–H groups in total. The van der Waals surface area contributed by atoms with Crippen LogP contribution < -0.4 is 5.73 Å². The van der Waals surface area contributed by atoms with Crippen molar-refractivity contribution in [2.24, 2.45) is 16.1 Å². The highest BCUT2D eigenvalue weighted by Gasteiger charge is 2.29. The summed E-state index contributed by atoms with van der Waals surface area (Å²) >= 11 is 0. The molecule has 0 bridgehead atoms. The second-order valence-electron chi connectivity index (χ2n) is 3.66. The van der Waals surface area contributed by atoms with Crippen molar-refractivity contribution < 1.29 is 9.63 Å². The molecular formula is C7H13N3O2. The summed E-state index contributed by atoms with van der Waals surface area (Å²) < 4.78 is 0. The summed E-state index contributed by atoms with van der Waals surface area (Å²) in [6.07, 6.45) is 0. The van der Waals surface area contributed by atoms with Gasteiger partial charge in [0.1, 0.15) is 0 Å². The summed E-state index contributed by atoms with van der Waals surface area (Å²) in [4.78, 5) is 19.7. The van der Waals surface area contributed by atoms with Gasteiger partial charge in [-0.1, -0.05) is 20.8 Å². The summed E-state index contributed by atoms with van der Waals surface area (Å²) in [5.41, 5.74) is 4.82. The third-order valence-corrected chi connectivity index (χ3v) is 1.43. The van der Waals surface area contributed by atoms with E-state index in [4.69, 9.17) is 10.6 Å². The van der Waals surface area contributed by atoms with Crippen LogP contribution in [0.2, 0.25) is 0 Å². The molecule has 0 fully saturated rings. The lowest BCUT2D eigenvalue weighted by molar-refractivity contribution is -0.00733. The normalized spacial score (nSPS) is 17.2. The van der Waals surface area contributed by atoms with Crippen molar-refractivity contribution >= 4 is 11.9 Å². The quantitative estimate of drug-likeness (QED) is 0.583. The second-order valence-corrected chi connectivity index (χ2v) is 3.66. The zero-order chi connectivity index (χ0) is 9.35. The Kier molecular flexibility index (Phi) is 1.95. The van der Waals surface area contributed by atoms with Gasteiger partial charge in [0.05, 0.1) is 0 Å². The number of amides is 2. The molecule has 0 saturated carbocycles. The van der Waals surface area contributed by atoms with Crippen molar-refractivity contribution in [3.05, 3.63) is 0 Å². The molecule has 1 rings (SSSR count). The van der Waals surface area contributed by atoms with Crippen LogP contribution in [0, 0.1) is 5.41 Å². The van der Waals surface area contributed by atoms with Gasteiger partial charge in [-0.15, -0.1) is 5.06 Å². The summed E-state index contributed by atoms with van der Waals surface area (Å²) in [7, 11) is 0. The van der Waals surface area contributed by atoms with Crippen LogP contribution in [0.4, 0.5) is 4.79 Å². The number of hydrogen-bond acceptors (Lipinski definition) is 3. The van der Waals surface area contributed by atoms with E-state index in [1.165, 1.54) is 0 Å². The fraction of sp³-hybridized carbons (Fsp3) is 0.714. The van der Waals surface area contributed by atoms with Crippen LogP contribution in [-0.2, 0) is 4.84 Å². The van der Waals surface area contributed by atoms with Crippen LogP contribution in [0.5, 0.6) is 0 Å². The zero-order valence-corrected chi connectivity index (χ0v) is 7.50. The van der Waals surface area contributed by atoms with E-state index in [1.54, 1.807) is 0 Å². The lowest BCUT2D eigenvalue weighted by Gasteiger charge is -2.18. The van der Waals surface area contributed by atoms with Gasteiger partial charge in [0.25, 0.3) is 0 Å². The third kappa shape index (κ3) is 1.66. The molecule has 0 spiro atoms. The monoisotopic (exact) mass is 171 g/mol. The van der Waals surface area contributed by atoms with Gasteiger partial charge in [-0.2, -0.15) is 0 Å². The predicted molar refractivity (Wildman–Crippen MR) is 44.3 cm³/mol. The summed E-state index contributed by atoms with van der Waals surface area (Å²) in [6, 6.07) is -0.613. The largest absolute Gasteiger partial charge is 0.358 e. The van der Waals surface area contributed by atoms with Gasteiger partial charge in [0.15, 0.2) is 6.67 Å². The first-order chi connectivity index (χ1) is 5.41. The zero-order valence-electron chi connectivity index (χ0n) is 7.50. The van der Waals surface area contributed by atoms with E-state index in [0.29, 0.717) is 5.90 Å². The fourth-order valence-corrected chi connectivity index (χ4v) is 0.779. The maximum absolute atomic E-state index is 10.6. The molecule has 5 nitrogen and oxygen atoms in total. The molecule has 0 radical (unpaired) electrons. The Hall–Kier alpha value is -1.26. The number of hydroxylamine groups is 2. The van der Waals surface area contributed by atoms with E-state index in [2.05, 4.69) is 4.99 Å². The SMILES string of the molecule is CC(C)(C)C1=NCN(C(N)=O)O1. The molecule has 0 atom stereocenters. The first-order valence-electron chi connectivity index (χ1n) is 3.71. The second kappa shape index (κ2) is 2.66. The van der Waals surface area contributed by atoms with Crippen molar-refractivity contribution in [2.75, 3.05) is 6.67 Å². The number of aliphatic imine (C=N–C) groups is 1. The Morgan fingerprint density at radius 2 is 2.25 bits per heavy atom. The van der Waals surface area contributed by atoms with Gasteiger partial charge in [-0.25, -0.2) is 9.79 Å². The molecule has 0 saturated heterocycles. The average Bonchev–Trinajstić information content (AvgIpc) is 2.30. The van der Waals surface area contributed by atoms with Crippen LogP contribution in [0.25, 0.3) is 0 Å². The van der Waals surface area contributed by atoms with Crippen molar-refractivity contribution in [3.63, 3.8) is 0 Å². The number of carbonyl (C=O) groups excluding carboxylic acids is 1. The van der Waals surface area contributed by atoms with Gasteiger partial charge in [0.2, 0.25) is 5.90 Å². The predicted octanol–water partition coefficient (Wildman–Crippen LogP) is 0.714. The first-order valence-corrected chi connectivity index (χ1v) is 3.71. The molecule has 12 heavy (non-hydrogen) atoms. The minimum atomic E-state index is -0.613. The molecule has 0 aromatic heterocycles. The Balaban J connectivity index is 2.61. The standard InChI is InChI=1S/C7H13N3O2/c1-7(2,3)5-9-4-10(12-5)6(8)11/h4H2,1-3H3,(H2,8,11). The number of nitrogens with two attached hydrogens (primary N) is 1. The molecule has 5 heteroatoms. The van der Waals surface area contributed by atoms with E-state index in [-0.39, 0.29) is 12.1 Å². The van der Waals surface area contributed by atoms with Gasteiger partial charge in [-0.05, 0) is 0 Å². The molecule has 2 amide bonds. The van der Waals surface area contributed by atoms with E-state index in [9.17, 15) is 4.79 Å². The van der Waals surface area contributed by atoms with Crippen LogP contribution in [0.15, 0.2) is 4.99 Å². The number of nitrogens with zero attached hydrogens (tertiary/aromatic N) is 2. The number of urea groups is 1. The Labute approximate surface area is 71.1 Å². The number of carbonyl (C=O) groups is 1. The van der Waals surface area contributed by atoms with Gasteiger partial charge in [-0.3, -0.25) is 0 Å². The topological polar surface area (TPSA) is 67.9 Å².